The number of aromatic nitrogens is 2. The second kappa shape index (κ2) is 6.88. The Labute approximate surface area is 148 Å². The Morgan fingerprint density at radius 2 is 2.04 bits per heavy atom. The molecule has 0 bridgehead atoms. The number of nitrogen functional groups attached to an aromatic ring is 1. The van der Waals surface area contributed by atoms with Gasteiger partial charge in [-0.25, -0.2) is 4.79 Å². The van der Waals surface area contributed by atoms with Crippen LogP contribution in [0, 0.1) is 0 Å². The largest absolute Gasteiger partial charge is 0.442 e. The maximum Gasteiger partial charge on any atom is 0.435 e. The number of ether oxygens (including phenoxy) is 1. The highest BCUT2D eigenvalue weighted by Crippen LogP contribution is 2.34. The maximum absolute atomic E-state index is 12.5. The fraction of sp³-hybridized carbons (Fsp3) is 0.474. The molecule has 134 valence electrons. The monoisotopic (exact) mass is 342 g/mol. The van der Waals surface area contributed by atoms with Gasteiger partial charge in [0.1, 0.15) is 11.4 Å². The summed E-state index contributed by atoms with van der Waals surface area (Å²) in [7, 11) is 0. The number of nitrogens with zero attached hydrogens (tertiary/aromatic N) is 3. The number of likely N-dealkylation sites (tertiary alicyclic amines) is 1. The van der Waals surface area contributed by atoms with Crippen LogP contribution in [0.4, 0.5) is 10.6 Å². The van der Waals surface area contributed by atoms with E-state index in [0.29, 0.717) is 5.82 Å². The lowest BCUT2D eigenvalue weighted by Crippen LogP contribution is -2.31. The van der Waals surface area contributed by atoms with Crippen LogP contribution in [-0.4, -0.2) is 32.9 Å². The van der Waals surface area contributed by atoms with E-state index in [1.54, 1.807) is 6.07 Å². The van der Waals surface area contributed by atoms with Gasteiger partial charge in [-0.3, -0.25) is 4.90 Å². The lowest BCUT2D eigenvalue weighted by Gasteiger charge is -2.25. The molecule has 2 heterocycles. The summed E-state index contributed by atoms with van der Waals surface area (Å²) in [5.74, 6) is 0.340. The van der Waals surface area contributed by atoms with Crippen LogP contribution in [0.5, 0.6) is 0 Å². The highest BCUT2D eigenvalue weighted by Gasteiger charge is 2.32. The standard InChI is InChI=1S/C19H26N4O2/c1-19(2,3)25-18(24)23-16(12-17(20)21-23)15-10-7-11-22(15)13-14-8-5-4-6-9-14/h4-6,8-9,12,15H,7,10-11,13H2,1-3H3,(H2,20,21)/t15-/m0/s1. The van der Waals surface area contributed by atoms with Gasteiger partial charge < -0.3 is 10.5 Å². The molecule has 6 nitrogen and oxygen atoms in total. The van der Waals surface area contributed by atoms with Gasteiger partial charge in [-0.2, -0.15) is 4.68 Å². The van der Waals surface area contributed by atoms with Crippen LogP contribution >= 0.6 is 0 Å². The number of carbonyl (C=O) groups excluding carboxylic acids is 1. The van der Waals surface area contributed by atoms with Crippen LogP contribution in [-0.2, 0) is 11.3 Å². The first kappa shape index (κ1) is 17.5. The maximum atomic E-state index is 12.5. The van der Waals surface area contributed by atoms with Crippen molar-refractivity contribution in [1.29, 1.82) is 0 Å². The van der Waals surface area contributed by atoms with E-state index >= 15 is 0 Å². The SMILES string of the molecule is CC(C)(C)OC(=O)n1nc(N)cc1[C@@H]1CCCN1Cc1ccccc1. The molecular formula is C19H26N4O2. The van der Waals surface area contributed by atoms with Crippen molar-refractivity contribution < 1.29 is 9.53 Å². The lowest BCUT2D eigenvalue weighted by atomic mass is 10.1. The first-order valence-corrected chi connectivity index (χ1v) is 8.70. The Balaban J connectivity index is 1.84. The Morgan fingerprint density at radius 3 is 2.72 bits per heavy atom. The molecule has 1 aromatic carbocycles. The second-order valence-electron chi connectivity index (χ2n) is 7.50. The fourth-order valence-electron chi connectivity index (χ4n) is 3.27. The zero-order valence-electron chi connectivity index (χ0n) is 15.1. The van der Waals surface area contributed by atoms with Crippen LogP contribution < -0.4 is 5.73 Å². The van der Waals surface area contributed by atoms with E-state index in [4.69, 9.17) is 10.5 Å². The number of carbonyl (C=O) groups is 1. The number of anilines is 1. The quantitative estimate of drug-likeness (QED) is 0.923. The summed E-state index contributed by atoms with van der Waals surface area (Å²) in [6, 6.07) is 12.2. The van der Waals surface area contributed by atoms with Crippen molar-refractivity contribution in [2.24, 2.45) is 0 Å². The Bertz CT molecular complexity index is 734. The third-order valence-electron chi connectivity index (χ3n) is 4.26. The van der Waals surface area contributed by atoms with Gasteiger partial charge in [0.15, 0.2) is 0 Å². The fourth-order valence-corrected chi connectivity index (χ4v) is 3.27. The van der Waals surface area contributed by atoms with Crippen molar-refractivity contribution in [2.45, 2.75) is 51.8 Å². The number of hydrogen-bond donors (Lipinski definition) is 1. The molecule has 25 heavy (non-hydrogen) atoms. The molecular weight excluding hydrogens is 316 g/mol. The van der Waals surface area contributed by atoms with E-state index < -0.39 is 11.7 Å². The minimum Gasteiger partial charge on any atom is -0.442 e. The first-order chi connectivity index (χ1) is 11.8. The summed E-state index contributed by atoms with van der Waals surface area (Å²) in [5, 5.41) is 4.17. The third-order valence-corrected chi connectivity index (χ3v) is 4.26. The highest BCUT2D eigenvalue weighted by atomic mass is 16.6. The zero-order valence-corrected chi connectivity index (χ0v) is 15.1. The third kappa shape index (κ3) is 4.20. The Hall–Kier alpha value is -2.34. The minimum atomic E-state index is -0.575. The number of benzene rings is 1. The van der Waals surface area contributed by atoms with E-state index in [1.807, 2.05) is 39.0 Å². The molecule has 1 atom stereocenters. The molecule has 1 aliphatic rings. The Morgan fingerprint density at radius 1 is 1.32 bits per heavy atom. The molecule has 1 aliphatic heterocycles. The molecule has 0 amide bonds. The van der Waals surface area contributed by atoms with Crippen LogP contribution in [0.3, 0.4) is 0 Å². The van der Waals surface area contributed by atoms with Gasteiger partial charge in [0, 0.05) is 12.6 Å². The van der Waals surface area contributed by atoms with Crippen LogP contribution in [0.2, 0.25) is 0 Å². The molecule has 0 unspecified atom stereocenters. The molecule has 0 aliphatic carbocycles. The van der Waals surface area contributed by atoms with E-state index in [1.165, 1.54) is 10.2 Å². The molecule has 6 heteroatoms. The summed E-state index contributed by atoms with van der Waals surface area (Å²) < 4.78 is 6.81. The van der Waals surface area contributed by atoms with E-state index in [-0.39, 0.29) is 6.04 Å². The van der Waals surface area contributed by atoms with Gasteiger partial charge in [-0.15, -0.1) is 5.10 Å². The number of nitrogens with two attached hydrogens (primary N) is 1. The molecule has 0 saturated carbocycles. The van der Waals surface area contributed by atoms with E-state index in [2.05, 4.69) is 22.1 Å². The minimum absolute atomic E-state index is 0.109. The average molecular weight is 342 g/mol. The molecule has 0 radical (unpaired) electrons. The number of rotatable bonds is 3. The van der Waals surface area contributed by atoms with Crippen molar-refractivity contribution in [1.82, 2.24) is 14.7 Å². The van der Waals surface area contributed by atoms with Crippen molar-refractivity contribution >= 4 is 11.9 Å². The molecule has 2 N–H and O–H groups in total. The van der Waals surface area contributed by atoms with Crippen LogP contribution in [0.15, 0.2) is 36.4 Å². The van der Waals surface area contributed by atoms with Gasteiger partial charge in [-0.1, -0.05) is 30.3 Å². The second-order valence-corrected chi connectivity index (χ2v) is 7.50. The predicted molar refractivity (Wildman–Crippen MR) is 97.1 cm³/mol. The summed E-state index contributed by atoms with van der Waals surface area (Å²) in [4.78, 5) is 14.9. The topological polar surface area (TPSA) is 73.4 Å². The molecule has 1 aromatic heterocycles. The summed E-state index contributed by atoms with van der Waals surface area (Å²) in [6.07, 6.45) is 1.57. The smallest absolute Gasteiger partial charge is 0.435 e. The molecule has 1 fully saturated rings. The van der Waals surface area contributed by atoms with E-state index in [0.717, 1.165) is 31.6 Å². The normalized spacial score (nSPS) is 18.4. The summed E-state index contributed by atoms with van der Waals surface area (Å²) >= 11 is 0. The van der Waals surface area contributed by atoms with Crippen molar-refractivity contribution in [3.05, 3.63) is 47.7 Å². The summed E-state index contributed by atoms with van der Waals surface area (Å²) in [5.41, 5.74) is 7.37. The van der Waals surface area contributed by atoms with Gasteiger partial charge in [0.25, 0.3) is 0 Å². The highest BCUT2D eigenvalue weighted by molar-refractivity contribution is 5.71. The van der Waals surface area contributed by atoms with Crippen molar-refractivity contribution in [3.8, 4) is 0 Å². The predicted octanol–water partition coefficient (Wildman–Crippen LogP) is 3.59. The zero-order chi connectivity index (χ0) is 18.0. The molecule has 2 aromatic rings. The lowest BCUT2D eigenvalue weighted by molar-refractivity contribution is 0.0501. The van der Waals surface area contributed by atoms with Crippen LogP contribution in [0.25, 0.3) is 0 Å². The van der Waals surface area contributed by atoms with Crippen molar-refractivity contribution in [3.63, 3.8) is 0 Å². The number of hydrogen-bond acceptors (Lipinski definition) is 5. The van der Waals surface area contributed by atoms with Crippen molar-refractivity contribution in [2.75, 3.05) is 12.3 Å². The van der Waals surface area contributed by atoms with Gasteiger partial charge in [0.2, 0.25) is 0 Å². The van der Waals surface area contributed by atoms with Gasteiger partial charge in [-0.05, 0) is 45.7 Å². The van der Waals surface area contributed by atoms with Crippen LogP contribution in [0.1, 0.15) is 50.9 Å². The molecule has 1 saturated heterocycles. The summed E-state index contributed by atoms with van der Waals surface area (Å²) in [6.45, 7) is 7.35. The molecule has 3 rings (SSSR count). The van der Waals surface area contributed by atoms with E-state index in [9.17, 15) is 4.79 Å². The van der Waals surface area contributed by atoms with Gasteiger partial charge >= 0.3 is 6.09 Å². The van der Waals surface area contributed by atoms with Gasteiger partial charge in [0.05, 0.1) is 11.7 Å². The molecule has 0 spiro atoms. The Kier molecular flexibility index (Phi) is 4.81. The average Bonchev–Trinajstić information content (AvgIpc) is 3.13. The first-order valence-electron chi connectivity index (χ1n) is 8.70.